The van der Waals surface area contributed by atoms with E-state index in [1.165, 1.54) is 10.9 Å². The Balaban J connectivity index is 3.25. The summed E-state index contributed by atoms with van der Waals surface area (Å²) in [6.07, 6.45) is 1.62. The van der Waals surface area contributed by atoms with E-state index < -0.39 is 4.92 Å². The maximum atomic E-state index is 10.4. The number of aromatic nitrogens is 2. The molecule has 6 nitrogen and oxygen atoms in total. The molecule has 1 rings (SSSR count). The average molecular weight is 169 g/mol. The van der Waals surface area contributed by atoms with Gasteiger partial charge in [-0.1, -0.05) is 5.10 Å². The minimum atomic E-state index is -0.611. The summed E-state index contributed by atoms with van der Waals surface area (Å²) in [6, 6.07) is 0. The van der Waals surface area contributed by atoms with E-state index in [4.69, 9.17) is 0 Å². The van der Waals surface area contributed by atoms with Crippen molar-refractivity contribution >= 4 is 12.1 Å². The number of nitrogens with zero attached hydrogens (tertiary/aromatic N) is 3. The Hall–Kier alpha value is -1.72. The molecule has 0 saturated carbocycles. The van der Waals surface area contributed by atoms with E-state index in [0.717, 1.165) is 0 Å². The van der Waals surface area contributed by atoms with Crippen molar-refractivity contribution in [2.45, 2.75) is 13.5 Å². The maximum Gasteiger partial charge on any atom is 0.355 e. The first-order valence-electron chi connectivity index (χ1n) is 3.36. The van der Waals surface area contributed by atoms with Gasteiger partial charge in [0.2, 0.25) is 0 Å². The second-order valence-corrected chi connectivity index (χ2v) is 2.11. The number of carbonyl (C=O) groups is 1. The zero-order valence-electron chi connectivity index (χ0n) is 6.43. The summed E-state index contributed by atoms with van der Waals surface area (Å²) in [6.45, 7) is 2.10. The molecule has 0 aromatic carbocycles. The summed E-state index contributed by atoms with van der Waals surface area (Å²) in [5.74, 6) is -0.243. The predicted octanol–water partition coefficient (Wildman–Crippen LogP) is 0.624. The van der Waals surface area contributed by atoms with Gasteiger partial charge in [-0.2, -0.15) is 0 Å². The van der Waals surface area contributed by atoms with Gasteiger partial charge in [0.15, 0.2) is 6.29 Å². The van der Waals surface area contributed by atoms with Gasteiger partial charge in [0.1, 0.15) is 12.1 Å². The molecule has 1 aromatic rings. The van der Waals surface area contributed by atoms with Crippen LogP contribution in [-0.2, 0) is 6.54 Å². The Morgan fingerprint density at radius 3 is 2.92 bits per heavy atom. The van der Waals surface area contributed by atoms with Crippen molar-refractivity contribution in [3.63, 3.8) is 0 Å². The van der Waals surface area contributed by atoms with Gasteiger partial charge in [0.25, 0.3) is 0 Å². The molecule has 0 aliphatic rings. The fraction of sp³-hybridized carbons (Fsp3) is 0.333. The third-order valence-corrected chi connectivity index (χ3v) is 1.44. The summed E-state index contributed by atoms with van der Waals surface area (Å²) in [4.78, 5) is 20.1. The first-order chi connectivity index (χ1) is 5.70. The molecule has 0 radical (unpaired) electrons. The number of hydrogen-bond donors (Lipinski definition) is 0. The number of nitro groups is 1. The summed E-state index contributed by atoms with van der Waals surface area (Å²) in [5, 5.41) is 14.1. The van der Waals surface area contributed by atoms with Crippen LogP contribution in [0.5, 0.6) is 0 Å². The number of aldehydes is 1. The lowest BCUT2D eigenvalue weighted by Gasteiger charge is -1.94. The first kappa shape index (κ1) is 8.38. The second kappa shape index (κ2) is 3.12. The molecule has 0 bridgehead atoms. The van der Waals surface area contributed by atoms with Crippen LogP contribution in [0, 0.1) is 10.1 Å². The first-order valence-corrected chi connectivity index (χ1v) is 3.36. The lowest BCUT2D eigenvalue weighted by molar-refractivity contribution is -0.392. The molecule has 1 aromatic heterocycles. The molecule has 0 atom stereocenters. The molecule has 1 heterocycles. The standard InChI is InChI=1S/C6H7N3O3/c1-2-8-6(9(11)12)5(4-10)3-7-8/h3-4H,2H2,1H3. The zero-order chi connectivity index (χ0) is 9.14. The minimum absolute atomic E-state index is 0.0156. The Morgan fingerprint density at radius 2 is 2.50 bits per heavy atom. The maximum absolute atomic E-state index is 10.4. The van der Waals surface area contributed by atoms with Crippen molar-refractivity contribution in [2.75, 3.05) is 0 Å². The van der Waals surface area contributed by atoms with E-state index in [1.807, 2.05) is 0 Å². The van der Waals surface area contributed by atoms with Gasteiger partial charge in [-0.25, -0.2) is 0 Å². The van der Waals surface area contributed by atoms with Crippen molar-refractivity contribution < 1.29 is 9.72 Å². The largest absolute Gasteiger partial charge is 0.358 e. The van der Waals surface area contributed by atoms with Crippen LogP contribution in [0.3, 0.4) is 0 Å². The molecule has 0 aliphatic carbocycles. The highest BCUT2D eigenvalue weighted by Gasteiger charge is 2.19. The summed E-state index contributed by atoms with van der Waals surface area (Å²) in [5.41, 5.74) is 0.0156. The fourth-order valence-electron chi connectivity index (χ4n) is 0.908. The fourth-order valence-corrected chi connectivity index (χ4v) is 0.908. The van der Waals surface area contributed by atoms with Crippen molar-refractivity contribution in [3.8, 4) is 0 Å². The van der Waals surface area contributed by atoms with Crippen molar-refractivity contribution in [2.24, 2.45) is 0 Å². The van der Waals surface area contributed by atoms with E-state index in [0.29, 0.717) is 12.8 Å². The van der Waals surface area contributed by atoms with E-state index in [2.05, 4.69) is 5.10 Å². The zero-order valence-corrected chi connectivity index (χ0v) is 6.43. The van der Waals surface area contributed by atoms with Crippen molar-refractivity contribution in [1.29, 1.82) is 0 Å². The Kier molecular flexibility index (Phi) is 2.18. The third kappa shape index (κ3) is 1.18. The molecular weight excluding hydrogens is 162 g/mol. The molecular formula is C6H7N3O3. The van der Waals surface area contributed by atoms with Gasteiger partial charge in [-0.05, 0) is 11.8 Å². The van der Waals surface area contributed by atoms with Crippen molar-refractivity contribution in [1.82, 2.24) is 9.78 Å². The van der Waals surface area contributed by atoms with E-state index in [-0.39, 0.29) is 11.4 Å². The van der Waals surface area contributed by atoms with Crippen LogP contribution in [0.4, 0.5) is 5.82 Å². The molecule has 0 spiro atoms. The number of hydrogen-bond acceptors (Lipinski definition) is 4. The average Bonchev–Trinajstić information content (AvgIpc) is 2.46. The predicted molar refractivity (Wildman–Crippen MR) is 39.9 cm³/mol. The molecule has 0 saturated heterocycles. The van der Waals surface area contributed by atoms with Crippen molar-refractivity contribution in [3.05, 3.63) is 21.9 Å². The lowest BCUT2D eigenvalue weighted by Crippen LogP contribution is -2.03. The van der Waals surface area contributed by atoms with Crippen LogP contribution in [0.2, 0.25) is 0 Å². The monoisotopic (exact) mass is 169 g/mol. The SMILES string of the molecule is CCn1ncc(C=O)c1[N+](=O)[O-]. The summed E-state index contributed by atoms with van der Waals surface area (Å²) in [7, 11) is 0. The Bertz CT molecular complexity index is 318. The number of aryl methyl sites for hydroxylation is 1. The van der Waals surface area contributed by atoms with Crippen LogP contribution in [0.1, 0.15) is 17.3 Å². The molecule has 0 fully saturated rings. The molecule has 0 N–H and O–H groups in total. The minimum Gasteiger partial charge on any atom is -0.358 e. The van der Waals surface area contributed by atoms with E-state index in [1.54, 1.807) is 6.92 Å². The Labute approximate surface area is 67.9 Å². The van der Waals surface area contributed by atoms with Gasteiger partial charge < -0.3 is 10.1 Å². The highest BCUT2D eigenvalue weighted by atomic mass is 16.6. The lowest BCUT2D eigenvalue weighted by atomic mass is 10.4. The van der Waals surface area contributed by atoms with E-state index >= 15 is 0 Å². The highest BCUT2D eigenvalue weighted by molar-refractivity contribution is 5.79. The van der Waals surface area contributed by atoms with Gasteiger partial charge in [0, 0.05) is 0 Å². The molecule has 6 heteroatoms. The van der Waals surface area contributed by atoms with Gasteiger partial charge in [-0.3, -0.25) is 4.79 Å². The molecule has 12 heavy (non-hydrogen) atoms. The number of carbonyl (C=O) groups excluding carboxylic acids is 1. The Morgan fingerprint density at radius 1 is 1.83 bits per heavy atom. The molecule has 0 aliphatic heterocycles. The third-order valence-electron chi connectivity index (χ3n) is 1.44. The quantitative estimate of drug-likeness (QED) is 0.377. The molecule has 0 unspecified atom stereocenters. The molecule has 64 valence electrons. The molecule has 0 amide bonds. The summed E-state index contributed by atoms with van der Waals surface area (Å²) >= 11 is 0. The van der Waals surface area contributed by atoms with Gasteiger partial charge in [0.05, 0.1) is 6.20 Å². The van der Waals surface area contributed by atoms with E-state index in [9.17, 15) is 14.9 Å². The van der Waals surface area contributed by atoms with Crippen LogP contribution in [-0.4, -0.2) is 21.0 Å². The number of rotatable bonds is 3. The van der Waals surface area contributed by atoms with Crippen LogP contribution < -0.4 is 0 Å². The van der Waals surface area contributed by atoms with Crippen LogP contribution in [0.25, 0.3) is 0 Å². The van der Waals surface area contributed by atoms with Crippen LogP contribution in [0.15, 0.2) is 6.20 Å². The highest BCUT2D eigenvalue weighted by Crippen LogP contribution is 2.15. The van der Waals surface area contributed by atoms with Crippen LogP contribution >= 0.6 is 0 Å². The van der Waals surface area contributed by atoms with Gasteiger partial charge in [-0.15, -0.1) is 4.68 Å². The van der Waals surface area contributed by atoms with Gasteiger partial charge >= 0.3 is 5.82 Å². The smallest absolute Gasteiger partial charge is 0.355 e. The topological polar surface area (TPSA) is 78.0 Å². The normalized spacial score (nSPS) is 9.75. The second-order valence-electron chi connectivity index (χ2n) is 2.11. The summed E-state index contributed by atoms with van der Waals surface area (Å²) < 4.78 is 1.17.